The van der Waals surface area contributed by atoms with Crippen molar-refractivity contribution in [1.82, 2.24) is 15.8 Å². The fourth-order valence-electron chi connectivity index (χ4n) is 3.82. The van der Waals surface area contributed by atoms with Crippen molar-refractivity contribution in [3.63, 3.8) is 0 Å². The van der Waals surface area contributed by atoms with E-state index >= 15 is 0 Å². The predicted octanol–water partition coefficient (Wildman–Crippen LogP) is 5.35. The van der Waals surface area contributed by atoms with Gasteiger partial charge in [-0.25, -0.2) is 10.2 Å². The highest BCUT2D eigenvalue weighted by Gasteiger charge is 2.34. The minimum Gasteiger partial charge on any atom is -0.306 e. The Balaban J connectivity index is 1.22. The van der Waals surface area contributed by atoms with Crippen molar-refractivity contribution in [2.45, 2.75) is 11.3 Å². The smallest absolute Gasteiger partial charge is 0.306 e. The van der Waals surface area contributed by atoms with Crippen molar-refractivity contribution in [3.05, 3.63) is 100 Å². The minimum absolute atomic E-state index is 0.193. The molecule has 176 valence electrons. The van der Waals surface area contributed by atoms with Crippen LogP contribution in [-0.4, -0.2) is 40.9 Å². The van der Waals surface area contributed by atoms with Crippen LogP contribution in [0.4, 0.5) is 10.5 Å². The quantitative estimate of drug-likeness (QED) is 0.371. The highest BCUT2D eigenvalue weighted by Crippen LogP contribution is 2.35. The number of amides is 3. The topological polar surface area (TPSA) is 73.5 Å². The SMILES string of the molecule is O=C(CSC1CN(C(c2ccccc2)c2ccccc2)C1)NNC(=O)Nc1cc(Cl)cc(Cl)c1. The summed E-state index contributed by atoms with van der Waals surface area (Å²) in [5, 5.41) is 3.72. The van der Waals surface area contributed by atoms with E-state index in [1.54, 1.807) is 30.0 Å². The third kappa shape index (κ3) is 6.67. The molecule has 3 amide bonds. The van der Waals surface area contributed by atoms with Crippen LogP contribution in [0.25, 0.3) is 0 Å². The van der Waals surface area contributed by atoms with Crippen LogP contribution in [0.5, 0.6) is 0 Å². The number of thioether (sulfide) groups is 1. The number of benzene rings is 3. The van der Waals surface area contributed by atoms with Crippen LogP contribution in [0.15, 0.2) is 78.9 Å². The fraction of sp³-hybridized carbons (Fsp3) is 0.200. The molecule has 0 bridgehead atoms. The van der Waals surface area contributed by atoms with Gasteiger partial charge < -0.3 is 5.32 Å². The maximum atomic E-state index is 12.2. The second-order valence-electron chi connectivity index (χ2n) is 7.90. The monoisotopic (exact) mass is 514 g/mol. The summed E-state index contributed by atoms with van der Waals surface area (Å²) in [5.41, 5.74) is 7.70. The molecule has 9 heteroatoms. The molecular weight excluding hydrogens is 491 g/mol. The van der Waals surface area contributed by atoms with E-state index < -0.39 is 6.03 Å². The number of hydrogen-bond acceptors (Lipinski definition) is 4. The molecule has 3 aromatic rings. The number of anilines is 1. The molecule has 0 radical (unpaired) electrons. The average molecular weight is 515 g/mol. The lowest BCUT2D eigenvalue weighted by atomic mass is 9.94. The molecule has 6 nitrogen and oxygen atoms in total. The highest BCUT2D eigenvalue weighted by molar-refractivity contribution is 8.00. The summed E-state index contributed by atoms with van der Waals surface area (Å²) in [4.78, 5) is 26.6. The summed E-state index contributed by atoms with van der Waals surface area (Å²) in [6, 6.07) is 25.2. The summed E-state index contributed by atoms with van der Waals surface area (Å²) in [5.74, 6) is -0.0197. The van der Waals surface area contributed by atoms with E-state index in [0.717, 1.165) is 13.1 Å². The Morgan fingerprint density at radius 2 is 1.44 bits per heavy atom. The molecule has 0 aliphatic carbocycles. The number of hydrazine groups is 1. The number of likely N-dealkylation sites (tertiary alicyclic amines) is 1. The first-order valence-electron chi connectivity index (χ1n) is 10.8. The van der Waals surface area contributed by atoms with Crippen LogP contribution in [0, 0.1) is 0 Å². The molecule has 1 aliphatic rings. The van der Waals surface area contributed by atoms with Crippen LogP contribution in [-0.2, 0) is 4.79 Å². The Kier molecular flexibility index (Phi) is 8.34. The normalized spacial score (nSPS) is 13.9. The van der Waals surface area contributed by atoms with Crippen LogP contribution in [0.2, 0.25) is 10.0 Å². The third-order valence-corrected chi connectivity index (χ3v) is 6.99. The lowest BCUT2D eigenvalue weighted by Gasteiger charge is -2.44. The summed E-state index contributed by atoms with van der Waals surface area (Å²) < 4.78 is 0. The van der Waals surface area contributed by atoms with Gasteiger partial charge in [0.25, 0.3) is 0 Å². The zero-order chi connectivity index (χ0) is 23.9. The number of carbonyl (C=O) groups excluding carboxylic acids is 2. The molecule has 0 aromatic heterocycles. The molecule has 3 N–H and O–H groups in total. The lowest BCUT2D eigenvalue weighted by molar-refractivity contribution is -0.119. The minimum atomic E-state index is -0.583. The maximum Gasteiger partial charge on any atom is 0.337 e. The molecular formula is C25H24Cl2N4O2S. The Morgan fingerprint density at radius 3 is 2.00 bits per heavy atom. The van der Waals surface area contributed by atoms with Crippen LogP contribution >= 0.6 is 35.0 Å². The Morgan fingerprint density at radius 1 is 0.882 bits per heavy atom. The number of hydrogen-bond donors (Lipinski definition) is 3. The predicted molar refractivity (Wildman–Crippen MR) is 139 cm³/mol. The van der Waals surface area contributed by atoms with Crippen LogP contribution in [0.3, 0.4) is 0 Å². The van der Waals surface area contributed by atoms with E-state index in [4.69, 9.17) is 23.2 Å². The van der Waals surface area contributed by atoms with Gasteiger partial charge in [-0.3, -0.25) is 15.1 Å². The summed E-state index contributed by atoms with van der Waals surface area (Å²) in [6.07, 6.45) is 0. The van der Waals surface area contributed by atoms with Crippen molar-refractivity contribution in [2.75, 3.05) is 24.2 Å². The molecule has 0 unspecified atom stereocenters. The van der Waals surface area contributed by atoms with E-state index in [1.165, 1.54) is 11.1 Å². The maximum absolute atomic E-state index is 12.2. The van der Waals surface area contributed by atoms with Crippen molar-refractivity contribution in [1.29, 1.82) is 0 Å². The number of halogens is 2. The molecule has 4 rings (SSSR count). The summed E-state index contributed by atoms with van der Waals surface area (Å²) in [7, 11) is 0. The van der Waals surface area contributed by atoms with Gasteiger partial charge in [0, 0.05) is 34.1 Å². The van der Waals surface area contributed by atoms with E-state index in [-0.39, 0.29) is 17.7 Å². The standard InChI is InChI=1S/C25H24Cl2N4O2S/c26-19-11-20(27)13-21(12-19)28-25(33)30-29-23(32)16-34-22-14-31(15-22)24(17-7-3-1-4-8-17)18-9-5-2-6-10-18/h1-13,22,24H,14-16H2,(H,29,32)(H2,28,30,33). The molecule has 0 atom stereocenters. The molecule has 1 heterocycles. The van der Waals surface area contributed by atoms with Crippen molar-refractivity contribution in [2.24, 2.45) is 0 Å². The second-order valence-corrected chi connectivity index (χ2v) is 10.1. The molecule has 0 spiro atoms. The Hall–Kier alpha value is -2.71. The van der Waals surface area contributed by atoms with Gasteiger partial charge >= 0.3 is 6.03 Å². The number of nitrogens with zero attached hydrogens (tertiary/aromatic N) is 1. The summed E-state index contributed by atoms with van der Waals surface area (Å²) in [6.45, 7) is 1.77. The van der Waals surface area contributed by atoms with Gasteiger partial charge in [0.05, 0.1) is 11.8 Å². The zero-order valence-corrected chi connectivity index (χ0v) is 20.5. The van der Waals surface area contributed by atoms with Crippen LogP contribution in [0.1, 0.15) is 17.2 Å². The molecule has 1 aliphatic heterocycles. The van der Waals surface area contributed by atoms with Gasteiger partial charge in [-0.05, 0) is 29.3 Å². The van der Waals surface area contributed by atoms with E-state index in [0.29, 0.717) is 21.0 Å². The van der Waals surface area contributed by atoms with Crippen molar-refractivity contribution >= 4 is 52.6 Å². The summed E-state index contributed by atoms with van der Waals surface area (Å²) >= 11 is 13.4. The van der Waals surface area contributed by atoms with Gasteiger partial charge in [-0.2, -0.15) is 0 Å². The van der Waals surface area contributed by atoms with Gasteiger partial charge in [0.15, 0.2) is 0 Å². The average Bonchev–Trinajstić information content (AvgIpc) is 2.79. The third-order valence-electron chi connectivity index (χ3n) is 5.36. The molecule has 1 fully saturated rings. The highest BCUT2D eigenvalue weighted by atomic mass is 35.5. The molecule has 0 saturated carbocycles. The molecule has 34 heavy (non-hydrogen) atoms. The number of rotatable bonds is 7. The van der Waals surface area contributed by atoms with E-state index in [1.807, 2.05) is 12.1 Å². The van der Waals surface area contributed by atoms with Gasteiger partial charge in [0.1, 0.15) is 0 Å². The second kappa shape index (κ2) is 11.6. The van der Waals surface area contributed by atoms with Gasteiger partial charge in [-0.15, -0.1) is 11.8 Å². The largest absolute Gasteiger partial charge is 0.337 e. The van der Waals surface area contributed by atoms with Crippen molar-refractivity contribution in [3.8, 4) is 0 Å². The van der Waals surface area contributed by atoms with E-state index in [9.17, 15) is 9.59 Å². The van der Waals surface area contributed by atoms with Crippen LogP contribution < -0.4 is 16.2 Å². The Bertz CT molecular complexity index is 1070. The van der Waals surface area contributed by atoms with Crippen molar-refractivity contribution < 1.29 is 9.59 Å². The first-order valence-corrected chi connectivity index (χ1v) is 12.6. The zero-order valence-electron chi connectivity index (χ0n) is 18.2. The van der Waals surface area contributed by atoms with E-state index in [2.05, 4.69) is 69.6 Å². The first kappa shape index (κ1) is 24.4. The Labute approximate surface area is 213 Å². The number of nitrogens with one attached hydrogen (secondary N) is 3. The number of carbonyl (C=O) groups is 2. The first-order chi connectivity index (χ1) is 16.5. The van der Waals surface area contributed by atoms with Gasteiger partial charge in [-0.1, -0.05) is 83.9 Å². The molecule has 3 aromatic carbocycles. The fourth-order valence-corrected chi connectivity index (χ4v) is 5.39. The number of urea groups is 1. The molecule has 1 saturated heterocycles. The lowest BCUT2D eigenvalue weighted by Crippen LogP contribution is -2.51. The van der Waals surface area contributed by atoms with Gasteiger partial charge in [0.2, 0.25) is 5.91 Å².